The van der Waals surface area contributed by atoms with E-state index < -0.39 is 5.60 Å². The van der Waals surface area contributed by atoms with Crippen LogP contribution in [-0.2, 0) is 0 Å². The number of aliphatic hydroxyl groups is 1. The summed E-state index contributed by atoms with van der Waals surface area (Å²) < 4.78 is 0. The molecule has 0 spiro atoms. The first-order valence-corrected chi connectivity index (χ1v) is 8.74. The Bertz CT molecular complexity index is 324. The molecule has 2 fully saturated rings. The smallest absolute Gasteiger partial charge is 0.191 e. The number of hydrogen-bond donors (Lipinski definition) is 3. The van der Waals surface area contributed by atoms with Crippen LogP contribution in [0.5, 0.6) is 0 Å². The van der Waals surface area contributed by atoms with Crippen LogP contribution in [0.4, 0.5) is 0 Å². The second-order valence-corrected chi connectivity index (χ2v) is 6.92. The van der Waals surface area contributed by atoms with E-state index in [2.05, 4.69) is 28.8 Å². The lowest BCUT2D eigenvalue weighted by molar-refractivity contribution is -0.0236. The molecule has 0 heterocycles. The number of nitrogens with one attached hydrogen (secondary N) is 2. The van der Waals surface area contributed by atoms with Crippen molar-refractivity contribution >= 4 is 41.7 Å². The third-order valence-corrected chi connectivity index (χ3v) is 5.31. The first kappa shape index (κ1) is 18.4. The molecule has 0 radical (unpaired) electrons. The predicted octanol–water partition coefficient (Wildman–Crippen LogP) is 2.36. The van der Waals surface area contributed by atoms with Crippen LogP contribution in [-0.4, -0.2) is 47.3 Å². The lowest BCUT2D eigenvalue weighted by atomic mass is 9.80. The Labute approximate surface area is 144 Å². The molecule has 0 bridgehead atoms. The maximum Gasteiger partial charge on any atom is 0.191 e. The molecular formula is C14H28IN3OS. The van der Waals surface area contributed by atoms with Gasteiger partial charge >= 0.3 is 0 Å². The van der Waals surface area contributed by atoms with Crippen molar-refractivity contribution in [2.75, 3.05) is 19.3 Å². The first-order chi connectivity index (χ1) is 9.15. The van der Waals surface area contributed by atoms with Gasteiger partial charge in [0.2, 0.25) is 0 Å². The van der Waals surface area contributed by atoms with Crippen molar-refractivity contribution in [2.24, 2.45) is 4.99 Å². The van der Waals surface area contributed by atoms with Gasteiger partial charge in [0.25, 0.3) is 0 Å². The Hall–Kier alpha value is 0.310. The van der Waals surface area contributed by atoms with Crippen molar-refractivity contribution in [3.05, 3.63) is 0 Å². The van der Waals surface area contributed by atoms with E-state index in [1.807, 2.05) is 11.8 Å². The molecule has 2 unspecified atom stereocenters. The van der Waals surface area contributed by atoms with E-state index >= 15 is 0 Å². The van der Waals surface area contributed by atoms with Crippen molar-refractivity contribution in [1.82, 2.24) is 10.6 Å². The third kappa shape index (κ3) is 5.26. The molecule has 4 nitrogen and oxygen atoms in total. The third-order valence-electron chi connectivity index (χ3n) is 4.22. The van der Waals surface area contributed by atoms with E-state index in [0.29, 0.717) is 12.6 Å². The highest BCUT2D eigenvalue weighted by Gasteiger charge is 2.34. The molecule has 0 aromatic heterocycles. The summed E-state index contributed by atoms with van der Waals surface area (Å²) in [4.78, 5) is 4.56. The van der Waals surface area contributed by atoms with Crippen molar-refractivity contribution < 1.29 is 5.11 Å². The Kier molecular flexibility index (Phi) is 7.97. The first-order valence-electron chi connectivity index (χ1n) is 7.45. The van der Waals surface area contributed by atoms with Crippen molar-refractivity contribution in [3.8, 4) is 0 Å². The number of thioether (sulfide) groups is 1. The minimum absolute atomic E-state index is 0. The van der Waals surface area contributed by atoms with Gasteiger partial charge in [0.1, 0.15) is 0 Å². The molecule has 0 aromatic rings. The summed E-state index contributed by atoms with van der Waals surface area (Å²) in [5.74, 6) is 0.870. The second kappa shape index (κ2) is 8.68. The van der Waals surface area contributed by atoms with E-state index in [0.717, 1.165) is 37.0 Å². The summed E-state index contributed by atoms with van der Waals surface area (Å²) in [6.45, 7) is 3.47. The van der Waals surface area contributed by atoms with Crippen molar-refractivity contribution in [2.45, 2.75) is 62.3 Å². The monoisotopic (exact) mass is 413 g/mol. The minimum Gasteiger partial charge on any atom is -0.388 e. The lowest BCUT2D eigenvalue weighted by Crippen LogP contribution is -2.45. The molecule has 2 rings (SSSR count). The molecule has 0 amide bonds. The molecule has 6 heteroatoms. The van der Waals surface area contributed by atoms with Gasteiger partial charge in [0.15, 0.2) is 5.96 Å². The Morgan fingerprint density at radius 2 is 2.15 bits per heavy atom. The van der Waals surface area contributed by atoms with Crippen LogP contribution < -0.4 is 10.6 Å². The molecule has 0 saturated heterocycles. The average molecular weight is 413 g/mol. The molecular weight excluding hydrogens is 385 g/mol. The molecule has 0 aliphatic heterocycles. The average Bonchev–Trinajstić information content (AvgIpc) is 2.81. The highest BCUT2D eigenvalue weighted by Crippen LogP contribution is 2.31. The fourth-order valence-electron chi connectivity index (χ4n) is 2.77. The Morgan fingerprint density at radius 1 is 1.40 bits per heavy atom. The van der Waals surface area contributed by atoms with Gasteiger partial charge in [0, 0.05) is 17.8 Å². The van der Waals surface area contributed by atoms with E-state index in [4.69, 9.17) is 0 Å². The fraction of sp³-hybridized carbons (Fsp3) is 0.929. The number of halogens is 1. The van der Waals surface area contributed by atoms with Gasteiger partial charge in [-0.3, -0.25) is 4.99 Å². The zero-order chi connectivity index (χ0) is 13.7. The standard InChI is InChI=1S/C14H27N3OS.HI/c1-3-15-13(16-10-14(18)7-4-8-14)17-11-5-6-12(9-11)19-2;/h11-12,18H,3-10H2,1-2H3,(H2,15,16,17);1H. The lowest BCUT2D eigenvalue weighted by Gasteiger charge is -2.35. The number of guanidine groups is 1. The van der Waals surface area contributed by atoms with Crippen LogP contribution in [0, 0.1) is 0 Å². The Morgan fingerprint density at radius 3 is 2.65 bits per heavy atom. The summed E-state index contributed by atoms with van der Waals surface area (Å²) in [6, 6.07) is 0.534. The van der Waals surface area contributed by atoms with Gasteiger partial charge in [-0.15, -0.1) is 24.0 Å². The minimum atomic E-state index is -0.528. The normalized spacial score (nSPS) is 28.4. The maximum atomic E-state index is 10.1. The molecule has 118 valence electrons. The van der Waals surface area contributed by atoms with Gasteiger partial charge in [-0.1, -0.05) is 0 Å². The number of rotatable bonds is 5. The van der Waals surface area contributed by atoms with Gasteiger partial charge in [-0.05, 0) is 51.7 Å². The van der Waals surface area contributed by atoms with Crippen LogP contribution in [0.1, 0.15) is 45.4 Å². The molecule has 3 N–H and O–H groups in total. The largest absolute Gasteiger partial charge is 0.388 e. The van der Waals surface area contributed by atoms with E-state index in [9.17, 15) is 5.11 Å². The topological polar surface area (TPSA) is 56.7 Å². The molecule has 20 heavy (non-hydrogen) atoms. The van der Waals surface area contributed by atoms with Crippen LogP contribution in [0.2, 0.25) is 0 Å². The van der Waals surface area contributed by atoms with E-state index in [1.165, 1.54) is 19.3 Å². The fourth-order valence-corrected chi connectivity index (χ4v) is 3.56. The zero-order valence-corrected chi connectivity index (χ0v) is 15.7. The van der Waals surface area contributed by atoms with Crippen molar-refractivity contribution in [3.63, 3.8) is 0 Å². The predicted molar refractivity (Wildman–Crippen MR) is 98.3 cm³/mol. The van der Waals surface area contributed by atoms with Gasteiger partial charge < -0.3 is 15.7 Å². The SMILES string of the molecule is CCNC(=NCC1(O)CCC1)NC1CCC(SC)C1.I. The number of nitrogens with zero attached hydrogens (tertiary/aromatic N) is 1. The highest BCUT2D eigenvalue weighted by molar-refractivity contribution is 14.0. The zero-order valence-electron chi connectivity index (χ0n) is 12.5. The summed E-state index contributed by atoms with van der Waals surface area (Å²) in [7, 11) is 0. The highest BCUT2D eigenvalue weighted by atomic mass is 127. The van der Waals surface area contributed by atoms with Crippen LogP contribution in [0.15, 0.2) is 4.99 Å². The number of hydrogen-bond acceptors (Lipinski definition) is 3. The van der Waals surface area contributed by atoms with Gasteiger partial charge in [-0.25, -0.2) is 0 Å². The molecule has 2 saturated carbocycles. The van der Waals surface area contributed by atoms with Gasteiger partial charge in [0.05, 0.1) is 12.1 Å². The van der Waals surface area contributed by atoms with E-state index in [1.54, 1.807) is 0 Å². The summed E-state index contributed by atoms with van der Waals surface area (Å²) >= 11 is 1.97. The second-order valence-electron chi connectivity index (χ2n) is 5.79. The summed E-state index contributed by atoms with van der Waals surface area (Å²) in [5, 5.41) is 17.7. The van der Waals surface area contributed by atoms with Crippen LogP contribution in [0.25, 0.3) is 0 Å². The summed E-state index contributed by atoms with van der Waals surface area (Å²) in [6.07, 6.45) is 8.85. The van der Waals surface area contributed by atoms with Gasteiger partial charge in [-0.2, -0.15) is 11.8 Å². The van der Waals surface area contributed by atoms with E-state index in [-0.39, 0.29) is 24.0 Å². The molecule has 2 aliphatic carbocycles. The van der Waals surface area contributed by atoms with Crippen LogP contribution in [0.3, 0.4) is 0 Å². The van der Waals surface area contributed by atoms with Crippen LogP contribution >= 0.6 is 35.7 Å². The molecule has 2 atom stereocenters. The maximum absolute atomic E-state index is 10.1. The summed E-state index contributed by atoms with van der Waals surface area (Å²) in [5.41, 5.74) is -0.528. The number of aliphatic imine (C=N–C) groups is 1. The quantitative estimate of drug-likeness (QED) is 0.368. The Balaban J connectivity index is 0.00000200. The molecule has 0 aromatic carbocycles. The van der Waals surface area contributed by atoms with Crippen molar-refractivity contribution in [1.29, 1.82) is 0 Å². The molecule has 2 aliphatic rings.